The fourth-order valence-electron chi connectivity index (χ4n) is 2.47. The molecule has 30 heavy (non-hydrogen) atoms. The van der Waals surface area contributed by atoms with Gasteiger partial charge in [0.05, 0.1) is 23.5 Å². The van der Waals surface area contributed by atoms with Gasteiger partial charge < -0.3 is 9.47 Å². The minimum absolute atomic E-state index is 0.426. The van der Waals surface area contributed by atoms with E-state index in [2.05, 4.69) is 32.7 Å². The minimum Gasteiger partial charge on any atom is -0.494 e. The number of unbranched alkanes of at least 4 members (excludes halogenated alkanes) is 1. The number of hydrogen-bond acceptors (Lipinski definition) is 5. The molecule has 152 valence electrons. The van der Waals surface area contributed by atoms with E-state index in [4.69, 9.17) is 9.47 Å². The van der Waals surface area contributed by atoms with Crippen molar-refractivity contribution < 1.29 is 14.3 Å². The zero-order valence-electron chi connectivity index (χ0n) is 16.3. The number of azo groups is 1. The van der Waals surface area contributed by atoms with Crippen molar-refractivity contribution in [1.29, 1.82) is 0 Å². The molecular formula is C24H21BrN2O3. The molecule has 3 aromatic rings. The van der Waals surface area contributed by atoms with Crippen molar-refractivity contribution in [2.45, 2.75) is 12.8 Å². The van der Waals surface area contributed by atoms with Gasteiger partial charge in [-0.05, 0) is 85.6 Å². The number of halogens is 1. The Morgan fingerprint density at radius 3 is 2.03 bits per heavy atom. The van der Waals surface area contributed by atoms with Crippen molar-refractivity contribution >= 4 is 33.3 Å². The number of carbonyl (C=O) groups excluding carboxylic acids is 1. The van der Waals surface area contributed by atoms with Gasteiger partial charge in [0, 0.05) is 4.47 Å². The van der Waals surface area contributed by atoms with Gasteiger partial charge >= 0.3 is 5.97 Å². The molecule has 5 nitrogen and oxygen atoms in total. The molecule has 3 aromatic carbocycles. The van der Waals surface area contributed by atoms with Crippen LogP contribution >= 0.6 is 15.9 Å². The first kappa shape index (κ1) is 21.5. The Labute approximate surface area is 184 Å². The van der Waals surface area contributed by atoms with Crippen molar-refractivity contribution in [2.75, 3.05) is 6.61 Å². The second-order valence-electron chi connectivity index (χ2n) is 6.36. The van der Waals surface area contributed by atoms with Gasteiger partial charge in [0.2, 0.25) is 0 Å². The molecule has 0 aromatic heterocycles. The van der Waals surface area contributed by atoms with Gasteiger partial charge in [-0.15, -0.1) is 6.58 Å². The maximum Gasteiger partial charge on any atom is 0.343 e. The van der Waals surface area contributed by atoms with E-state index >= 15 is 0 Å². The van der Waals surface area contributed by atoms with E-state index in [9.17, 15) is 4.79 Å². The molecule has 0 saturated heterocycles. The number of carbonyl (C=O) groups is 1. The summed E-state index contributed by atoms with van der Waals surface area (Å²) in [6.45, 7) is 4.35. The molecule has 0 bridgehead atoms. The van der Waals surface area contributed by atoms with Crippen molar-refractivity contribution in [3.05, 3.63) is 95.5 Å². The molecule has 6 heteroatoms. The van der Waals surface area contributed by atoms with Crippen LogP contribution in [0.3, 0.4) is 0 Å². The molecule has 0 amide bonds. The van der Waals surface area contributed by atoms with Crippen LogP contribution in [0.1, 0.15) is 23.2 Å². The van der Waals surface area contributed by atoms with Crippen LogP contribution in [0, 0.1) is 0 Å². The lowest BCUT2D eigenvalue weighted by Crippen LogP contribution is -2.07. The predicted octanol–water partition coefficient (Wildman–Crippen LogP) is 7.43. The maximum atomic E-state index is 12.2. The summed E-state index contributed by atoms with van der Waals surface area (Å²) in [6, 6.07) is 21.3. The molecule has 0 N–H and O–H groups in total. The molecule has 0 fully saturated rings. The number of hydrogen-bond donors (Lipinski definition) is 0. The highest BCUT2D eigenvalue weighted by Crippen LogP contribution is 2.22. The molecule has 0 heterocycles. The van der Waals surface area contributed by atoms with Crippen LogP contribution in [-0.2, 0) is 0 Å². The summed E-state index contributed by atoms with van der Waals surface area (Å²) in [5.74, 6) is 0.858. The highest BCUT2D eigenvalue weighted by Gasteiger charge is 2.08. The van der Waals surface area contributed by atoms with Crippen LogP contribution in [-0.4, -0.2) is 12.6 Å². The van der Waals surface area contributed by atoms with Gasteiger partial charge in [0.15, 0.2) is 0 Å². The molecule has 0 atom stereocenters. The van der Waals surface area contributed by atoms with Gasteiger partial charge in [-0.2, -0.15) is 10.2 Å². The van der Waals surface area contributed by atoms with Crippen molar-refractivity contribution in [2.24, 2.45) is 10.2 Å². The third kappa shape index (κ3) is 6.67. The molecule has 0 unspecified atom stereocenters. The molecule has 3 rings (SSSR count). The normalized spacial score (nSPS) is 10.7. The Hall–Kier alpha value is -3.25. The standard InChI is InChI=1S/C24H21BrN2O3/c1-2-3-4-17-29-22-15-11-21(12-16-22)27-26-20-9-5-18(6-10-20)24(28)30-23-13-7-19(25)8-14-23/h2,5-16H,1,3-4,17H2. The van der Waals surface area contributed by atoms with E-state index in [1.807, 2.05) is 42.5 Å². The Morgan fingerprint density at radius 2 is 1.43 bits per heavy atom. The third-order valence-electron chi connectivity index (χ3n) is 4.07. The van der Waals surface area contributed by atoms with Gasteiger partial charge in [0.25, 0.3) is 0 Å². The molecule has 0 radical (unpaired) electrons. The second kappa shape index (κ2) is 11.1. The van der Waals surface area contributed by atoms with Crippen LogP contribution in [0.15, 0.2) is 100 Å². The summed E-state index contributed by atoms with van der Waals surface area (Å²) in [5, 5.41) is 8.42. The number of allylic oxidation sites excluding steroid dienone is 1. The van der Waals surface area contributed by atoms with Crippen LogP contribution in [0.5, 0.6) is 11.5 Å². The Kier molecular flexibility index (Phi) is 7.92. The van der Waals surface area contributed by atoms with Gasteiger partial charge in [-0.3, -0.25) is 0 Å². The SMILES string of the molecule is C=CCCCOc1ccc(N=Nc2ccc(C(=O)Oc3ccc(Br)cc3)cc2)cc1. The largest absolute Gasteiger partial charge is 0.494 e. The fraction of sp³-hybridized carbons (Fsp3) is 0.125. The maximum absolute atomic E-state index is 12.2. The smallest absolute Gasteiger partial charge is 0.343 e. The molecule has 0 aliphatic heterocycles. The quantitative estimate of drug-likeness (QED) is 0.109. The lowest BCUT2D eigenvalue weighted by Gasteiger charge is -2.05. The summed E-state index contributed by atoms with van der Waals surface area (Å²) in [5.41, 5.74) is 1.79. The Morgan fingerprint density at radius 1 is 0.867 bits per heavy atom. The third-order valence-corrected chi connectivity index (χ3v) is 4.59. The minimum atomic E-state index is -0.426. The van der Waals surface area contributed by atoms with Crippen LogP contribution in [0.4, 0.5) is 11.4 Å². The number of ether oxygens (including phenoxy) is 2. The second-order valence-corrected chi connectivity index (χ2v) is 7.28. The average molecular weight is 465 g/mol. The van der Waals surface area contributed by atoms with E-state index in [0.717, 1.165) is 23.1 Å². The van der Waals surface area contributed by atoms with Gasteiger partial charge in [-0.25, -0.2) is 4.79 Å². The number of esters is 1. The van der Waals surface area contributed by atoms with Crippen molar-refractivity contribution in [3.8, 4) is 11.5 Å². The monoisotopic (exact) mass is 464 g/mol. The molecular weight excluding hydrogens is 444 g/mol. The first-order chi connectivity index (χ1) is 14.6. The van der Waals surface area contributed by atoms with Gasteiger partial charge in [0.1, 0.15) is 11.5 Å². The van der Waals surface area contributed by atoms with E-state index in [0.29, 0.717) is 29.3 Å². The predicted molar refractivity (Wildman–Crippen MR) is 121 cm³/mol. The van der Waals surface area contributed by atoms with Gasteiger partial charge in [-0.1, -0.05) is 22.0 Å². The molecule has 0 saturated carbocycles. The van der Waals surface area contributed by atoms with Crippen LogP contribution in [0.25, 0.3) is 0 Å². The van der Waals surface area contributed by atoms with Crippen molar-refractivity contribution in [1.82, 2.24) is 0 Å². The highest BCUT2D eigenvalue weighted by atomic mass is 79.9. The summed E-state index contributed by atoms with van der Waals surface area (Å²) in [7, 11) is 0. The van der Waals surface area contributed by atoms with Crippen LogP contribution in [0.2, 0.25) is 0 Å². The number of rotatable bonds is 9. The first-order valence-electron chi connectivity index (χ1n) is 9.47. The topological polar surface area (TPSA) is 60.2 Å². The van der Waals surface area contributed by atoms with E-state index < -0.39 is 5.97 Å². The lowest BCUT2D eigenvalue weighted by atomic mass is 10.2. The fourth-order valence-corrected chi connectivity index (χ4v) is 2.74. The summed E-state index contributed by atoms with van der Waals surface area (Å²) >= 11 is 3.35. The van der Waals surface area contributed by atoms with Crippen LogP contribution < -0.4 is 9.47 Å². The molecule has 0 spiro atoms. The summed E-state index contributed by atoms with van der Waals surface area (Å²) in [4.78, 5) is 12.2. The Bertz CT molecular complexity index is 998. The molecule has 0 aliphatic rings. The zero-order chi connectivity index (χ0) is 21.2. The van der Waals surface area contributed by atoms with Crippen molar-refractivity contribution in [3.63, 3.8) is 0 Å². The first-order valence-corrected chi connectivity index (χ1v) is 10.3. The number of benzene rings is 3. The summed E-state index contributed by atoms with van der Waals surface area (Å²) in [6.07, 6.45) is 3.76. The Balaban J connectivity index is 1.54. The van der Waals surface area contributed by atoms with E-state index in [1.165, 1.54) is 0 Å². The zero-order valence-corrected chi connectivity index (χ0v) is 17.9. The highest BCUT2D eigenvalue weighted by molar-refractivity contribution is 9.10. The average Bonchev–Trinajstić information content (AvgIpc) is 2.78. The summed E-state index contributed by atoms with van der Waals surface area (Å²) < 4.78 is 11.9. The molecule has 0 aliphatic carbocycles. The number of nitrogens with zero attached hydrogens (tertiary/aromatic N) is 2. The van der Waals surface area contributed by atoms with E-state index in [-0.39, 0.29) is 0 Å². The lowest BCUT2D eigenvalue weighted by molar-refractivity contribution is 0.0735. The van der Waals surface area contributed by atoms with E-state index in [1.54, 1.807) is 36.4 Å².